The van der Waals surface area contributed by atoms with Gasteiger partial charge in [-0.3, -0.25) is 0 Å². The maximum absolute atomic E-state index is 11.9. The number of anilines is 2. The van der Waals surface area contributed by atoms with Crippen molar-refractivity contribution in [1.29, 1.82) is 0 Å². The van der Waals surface area contributed by atoms with E-state index in [9.17, 15) is 4.79 Å². The summed E-state index contributed by atoms with van der Waals surface area (Å²) in [6, 6.07) is 13.9. The molecule has 0 saturated heterocycles. The van der Waals surface area contributed by atoms with E-state index >= 15 is 0 Å². The highest BCUT2D eigenvalue weighted by molar-refractivity contribution is 9.10. The number of carbonyl (C=O) groups excluding carboxylic acids is 1. The molecular weight excluding hydrogens is 414 g/mol. The number of hydrogen-bond donors (Lipinski definition) is 2. The SMILES string of the molecule is COC(=O)c1ccccc1Oc1nc(Nc2ccc(CO)cc2)ncc1Br. The highest BCUT2D eigenvalue weighted by atomic mass is 79.9. The van der Waals surface area contributed by atoms with E-state index in [1.165, 1.54) is 7.11 Å². The van der Waals surface area contributed by atoms with Crippen LogP contribution >= 0.6 is 15.9 Å². The molecule has 3 rings (SSSR count). The fourth-order valence-corrected chi connectivity index (χ4v) is 2.52. The summed E-state index contributed by atoms with van der Waals surface area (Å²) in [7, 11) is 1.31. The van der Waals surface area contributed by atoms with Gasteiger partial charge in [-0.05, 0) is 45.8 Å². The summed E-state index contributed by atoms with van der Waals surface area (Å²) in [4.78, 5) is 20.4. The largest absolute Gasteiger partial charge is 0.465 e. The van der Waals surface area contributed by atoms with E-state index in [-0.39, 0.29) is 12.5 Å². The van der Waals surface area contributed by atoms with Gasteiger partial charge in [0.25, 0.3) is 0 Å². The predicted molar refractivity (Wildman–Crippen MR) is 103 cm³/mol. The first kappa shape index (κ1) is 18.8. The number of rotatable bonds is 6. The van der Waals surface area contributed by atoms with Gasteiger partial charge in [0, 0.05) is 5.69 Å². The molecule has 0 unspecified atom stereocenters. The second-order valence-electron chi connectivity index (χ2n) is 5.42. The number of aliphatic hydroxyl groups is 1. The zero-order valence-corrected chi connectivity index (χ0v) is 15.9. The summed E-state index contributed by atoms with van der Waals surface area (Å²) >= 11 is 3.35. The molecule has 0 bridgehead atoms. The molecule has 0 fully saturated rings. The maximum atomic E-state index is 11.9. The summed E-state index contributed by atoms with van der Waals surface area (Å²) in [5.74, 6) is 0.386. The number of para-hydroxylation sites is 1. The predicted octanol–water partition coefficient (Wildman–Crippen LogP) is 4.05. The summed E-state index contributed by atoms with van der Waals surface area (Å²) < 4.78 is 11.1. The lowest BCUT2D eigenvalue weighted by Crippen LogP contribution is -2.05. The van der Waals surface area contributed by atoms with Crippen molar-refractivity contribution in [1.82, 2.24) is 9.97 Å². The van der Waals surface area contributed by atoms with Gasteiger partial charge in [0.15, 0.2) is 0 Å². The van der Waals surface area contributed by atoms with Crippen LogP contribution in [0.3, 0.4) is 0 Å². The molecule has 8 heteroatoms. The molecule has 27 heavy (non-hydrogen) atoms. The normalized spacial score (nSPS) is 10.3. The van der Waals surface area contributed by atoms with Crippen LogP contribution in [-0.2, 0) is 11.3 Å². The Hall–Kier alpha value is -2.97. The number of carbonyl (C=O) groups is 1. The van der Waals surface area contributed by atoms with Crippen molar-refractivity contribution in [3.63, 3.8) is 0 Å². The Balaban J connectivity index is 1.84. The molecule has 0 aliphatic heterocycles. The molecule has 2 aromatic carbocycles. The molecule has 3 aromatic rings. The van der Waals surface area contributed by atoms with E-state index < -0.39 is 5.97 Å². The quantitative estimate of drug-likeness (QED) is 0.570. The minimum absolute atomic E-state index is 0.0212. The van der Waals surface area contributed by atoms with E-state index in [1.807, 2.05) is 12.1 Å². The van der Waals surface area contributed by atoms with Gasteiger partial charge in [0.2, 0.25) is 11.8 Å². The number of hydrogen-bond acceptors (Lipinski definition) is 7. The monoisotopic (exact) mass is 429 g/mol. The fourth-order valence-electron chi connectivity index (χ4n) is 2.24. The number of esters is 1. The summed E-state index contributed by atoms with van der Waals surface area (Å²) in [6.07, 6.45) is 1.55. The van der Waals surface area contributed by atoms with Crippen LogP contribution in [0.1, 0.15) is 15.9 Å². The molecule has 0 saturated carbocycles. The van der Waals surface area contributed by atoms with Crippen molar-refractivity contribution in [2.24, 2.45) is 0 Å². The topological polar surface area (TPSA) is 93.6 Å². The lowest BCUT2D eigenvalue weighted by Gasteiger charge is -2.11. The summed E-state index contributed by atoms with van der Waals surface area (Å²) in [6.45, 7) is -0.0212. The second kappa shape index (κ2) is 8.61. The Bertz CT molecular complexity index is 948. The van der Waals surface area contributed by atoms with Gasteiger partial charge in [0.1, 0.15) is 11.3 Å². The van der Waals surface area contributed by atoms with Crippen molar-refractivity contribution in [3.05, 3.63) is 70.3 Å². The van der Waals surface area contributed by atoms with Gasteiger partial charge in [0.05, 0.1) is 24.4 Å². The lowest BCUT2D eigenvalue weighted by molar-refractivity contribution is 0.0598. The highest BCUT2D eigenvalue weighted by Crippen LogP contribution is 2.31. The van der Waals surface area contributed by atoms with E-state index in [0.29, 0.717) is 21.7 Å². The number of nitrogens with one attached hydrogen (secondary N) is 1. The van der Waals surface area contributed by atoms with Crippen LogP contribution < -0.4 is 10.1 Å². The van der Waals surface area contributed by atoms with Gasteiger partial charge >= 0.3 is 5.97 Å². The molecule has 2 N–H and O–H groups in total. The molecule has 0 aliphatic carbocycles. The first-order valence-electron chi connectivity index (χ1n) is 7.95. The van der Waals surface area contributed by atoms with Crippen molar-refractivity contribution >= 4 is 33.5 Å². The van der Waals surface area contributed by atoms with Gasteiger partial charge in [-0.15, -0.1) is 0 Å². The minimum atomic E-state index is -0.502. The van der Waals surface area contributed by atoms with Gasteiger partial charge in [-0.1, -0.05) is 24.3 Å². The number of ether oxygens (including phenoxy) is 2. The van der Waals surface area contributed by atoms with Crippen LogP contribution in [0.5, 0.6) is 11.6 Å². The Labute approximate surface area is 164 Å². The maximum Gasteiger partial charge on any atom is 0.341 e. The smallest absolute Gasteiger partial charge is 0.341 e. The van der Waals surface area contributed by atoms with Crippen molar-refractivity contribution in [2.45, 2.75) is 6.61 Å². The molecule has 7 nitrogen and oxygen atoms in total. The van der Waals surface area contributed by atoms with Crippen LogP contribution in [0.15, 0.2) is 59.2 Å². The standard InChI is InChI=1S/C19H16BrN3O4/c1-26-18(25)14-4-2-3-5-16(14)27-17-15(20)10-21-19(23-17)22-13-8-6-12(11-24)7-9-13/h2-10,24H,11H2,1H3,(H,21,22,23). The summed E-state index contributed by atoms with van der Waals surface area (Å²) in [5.41, 5.74) is 1.86. The average Bonchev–Trinajstić information content (AvgIpc) is 2.71. The lowest BCUT2D eigenvalue weighted by atomic mass is 10.2. The van der Waals surface area contributed by atoms with Crippen LogP contribution in [0.2, 0.25) is 0 Å². The Morgan fingerprint density at radius 3 is 2.63 bits per heavy atom. The Morgan fingerprint density at radius 2 is 1.93 bits per heavy atom. The van der Waals surface area contributed by atoms with Gasteiger partial charge < -0.3 is 19.9 Å². The number of methoxy groups -OCH3 is 1. The van der Waals surface area contributed by atoms with Crippen molar-refractivity contribution in [3.8, 4) is 11.6 Å². The number of nitrogens with zero attached hydrogens (tertiary/aromatic N) is 2. The molecule has 0 aliphatic rings. The second-order valence-corrected chi connectivity index (χ2v) is 6.27. The van der Waals surface area contributed by atoms with Gasteiger partial charge in [-0.25, -0.2) is 9.78 Å². The third kappa shape index (κ3) is 4.60. The summed E-state index contributed by atoms with van der Waals surface area (Å²) in [5, 5.41) is 12.2. The zero-order valence-electron chi connectivity index (χ0n) is 14.3. The third-order valence-corrected chi connectivity index (χ3v) is 4.15. The number of aliphatic hydroxyl groups excluding tert-OH is 1. The molecule has 0 atom stereocenters. The van der Waals surface area contributed by atoms with E-state index in [2.05, 4.69) is 31.2 Å². The first-order valence-corrected chi connectivity index (χ1v) is 8.74. The fraction of sp³-hybridized carbons (Fsp3) is 0.105. The number of halogens is 1. The molecule has 1 heterocycles. The molecule has 0 radical (unpaired) electrons. The Morgan fingerprint density at radius 1 is 1.19 bits per heavy atom. The van der Waals surface area contributed by atoms with E-state index in [1.54, 1.807) is 42.6 Å². The van der Waals surface area contributed by atoms with E-state index in [0.717, 1.165) is 11.3 Å². The first-order chi connectivity index (χ1) is 13.1. The van der Waals surface area contributed by atoms with Crippen molar-refractivity contribution < 1.29 is 19.4 Å². The van der Waals surface area contributed by atoms with Gasteiger partial charge in [-0.2, -0.15) is 4.98 Å². The zero-order chi connectivity index (χ0) is 19.2. The van der Waals surface area contributed by atoms with Crippen molar-refractivity contribution in [2.75, 3.05) is 12.4 Å². The molecule has 0 spiro atoms. The third-order valence-electron chi connectivity index (χ3n) is 3.60. The molecule has 1 aromatic heterocycles. The number of aromatic nitrogens is 2. The average molecular weight is 430 g/mol. The van der Waals surface area contributed by atoms with E-state index in [4.69, 9.17) is 14.6 Å². The molecular formula is C19H16BrN3O4. The van der Waals surface area contributed by atoms with Crippen LogP contribution in [0.4, 0.5) is 11.6 Å². The van der Waals surface area contributed by atoms with Crippen LogP contribution in [-0.4, -0.2) is 28.2 Å². The van der Waals surface area contributed by atoms with Crippen LogP contribution in [0, 0.1) is 0 Å². The molecule has 138 valence electrons. The number of benzene rings is 2. The van der Waals surface area contributed by atoms with Crippen LogP contribution in [0.25, 0.3) is 0 Å². The minimum Gasteiger partial charge on any atom is -0.465 e. The molecule has 0 amide bonds. The highest BCUT2D eigenvalue weighted by Gasteiger charge is 2.15. The Kier molecular flexibility index (Phi) is 6.00.